The first-order chi connectivity index (χ1) is 7.64. The standard InChI is InChI=1S/C11H19N3O2S/c1-4-11(2,3)14-9-5-8(12)6-10(7-9)17(13,15)16/h5-7,14H,4,12H2,1-3H3,(H2,13,15,16). The van der Waals surface area contributed by atoms with E-state index in [-0.39, 0.29) is 10.4 Å². The molecular formula is C11H19N3O2S. The molecule has 0 fully saturated rings. The number of anilines is 2. The molecule has 17 heavy (non-hydrogen) atoms. The van der Waals surface area contributed by atoms with Crippen LogP contribution in [0.4, 0.5) is 11.4 Å². The van der Waals surface area contributed by atoms with Gasteiger partial charge < -0.3 is 11.1 Å². The molecule has 0 unspecified atom stereocenters. The molecule has 1 aromatic carbocycles. The Morgan fingerprint density at radius 3 is 2.35 bits per heavy atom. The van der Waals surface area contributed by atoms with Gasteiger partial charge in [0, 0.05) is 16.9 Å². The normalized spacial score (nSPS) is 12.5. The molecule has 0 bridgehead atoms. The van der Waals surface area contributed by atoms with Crippen molar-refractivity contribution in [1.29, 1.82) is 0 Å². The summed E-state index contributed by atoms with van der Waals surface area (Å²) in [5.41, 5.74) is 6.54. The van der Waals surface area contributed by atoms with Crippen molar-refractivity contribution in [2.75, 3.05) is 11.1 Å². The lowest BCUT2D eigenvalue weighted by Gasteiger charge is -2.26. The van der Waals surface area contributed by atoms with Gasteiger partial charge in [0.2, 0.25) is 10.0 Å². The first-order valence-corrected chi connectivity index (χ1v) is 6.90. The van der Waals surface area contributed by atoms with Gasteiger partial charge in [-0.05, 0) is 38.5 Å². The zero-order valence-corrected chi connectivity index (χ0v) is 11.1. The molecule has 0 aromatic heterocycles. The van der Waals surface area contributed by atoms with Crippen molar-refractivity contribution in [3.8, 4) is 0 Å². The summed E-state index contributed by atoms with van der Waals surface area (Å²) in [7, 11) is -3.73. The first-order valence-electron chi connectivity index (χ1n) is 5.35. The summed E-state index contributed by atoms with van der Waals surface area (Å²) in [6.07, 6.45) is 0.895. The summed E-state index contributed by atoms with van der Waals surface area (Å²) < 4.78 is 22.5. The van der Waals surface area contributed by atoms with Crippen molar-refractivity contribution in [3.05, 3.63) is 18.2 Å². The molecule has 6 heteroatoms. The number of hydrogen-bond donors (Lipinski definition) is 3. The van der Waals surface area contributed by atoms with Crippen LogP contribution < -0.4 is 16.2 Å². The lowest BCUT2D eigenvalue weighted by molar-refractivity contribution is 0.547. The Morgan fingerprint density at radius 2 is 1.88 bits per heavy atom. The molecule has 96 valence electrons. The van der Waals surface area contributed by atoms with Crippen molar-refractivity contribution in [2.45, 2.75) is 37.6 Å². The van der Waals surface area contributed by atoms with Gasteiger partial charge in [-0.3, -0.25) is 0 Å². The van der Waals surface area contributed by atoms with E-state index in [1.165, 1.54) is 12.1 Å². The third kappa shape index (κ3) is 3.90. The Balaban J connectivity index is 3.15. The quantitative estimate of drug-likeness (QED) is 0.712. The maximum absolute atomic E-state index is 11.3. The van der Waals surface area contributed by atoms with Gasteiger partial charge in [0.1, 0.15) is 0 Å². The van der Waals surface area contributed by atoms with Crippen LogP contribution in [-0.2, 0) is 10.0 Å². The minimum Gasteiger partial charge on any atom is -0.399 e. The molecule has 0 atom stereocenters. The van der Waals surface area contributed by atoms with Crippen LogP contribution >= 0.6 is 0 Å². The topological polar surface area (TPSA) is 98.2 Å². The van der Waals surface area contributed by atoms with Gasteiger partial charge in [0.25, 0.3) is 0 Å². The molecule has 1 aromatic rings. The Kier molecular flexibility index (Phi) is 3.68. The number of rotatable bonds is 4. The summed E-state index contributed by atoms with van der Waals surface area (Å²) >= 11 is 0. The van der Waals surface area contributed by atoms with Crippen molar-refractivity contribution in [1.82, 2.24) is 0 Å². The van der Waals surface area contributed by atoms with E-state index in [2.05, 4.69) is 5.32 Å². The Hall–Kier alpha value is -1.27. The van der Waals surface area contributed by atoms with Crippen LogP contribution in [0.1, 0.15) is 27.2 Å². The average molecular weight is 257 g/mol. The summed E-state index contributed by atoms with van der Waals surface area (Å²) in [6.45, 7) is 6.08. The molecule has 0 heterocycles. The number of sulfonamides is 1. The second kappa shape index (κ2) is 4.54. The van der Waals surface area contributed by atoms with E-state index in [4.69, 9.17) is 10.9 Å². The fourth-order valence-electron chi connectivity index (χ4n) is 1.34. The minimum atomic E-state index is -3.73. The summed E-state index contributed by atoms with van der Waals surface area (Å²) in [4.78, 5) is 0.0203. The first kappa shape index (κ1) is 13.8. The zero-order chi connectivity index (χ0) is 13.3. The third-order valence-corrected chi connectivity index (χ3v) is 3.52. The van der Waals surface area contributed by atoms with Gasteiger partial charge in [-0.2, -0.15) is 0 Å². The van der Waals surface area contributed by atoms with Crippen LogP contribution in [0.3, 0.4) is 0 Å². The van der Waals surface area contributed by atoms with Gasteiger partial charge in [-0.1, -0.05) is 6.92 Å². The molecule has 5 N–H and O–H groups in total. The molecule has 0 amide bonds. The summed E-state index contributed by atoms with van der Waals surface area (Å²) in [5, 5.41) is 8.30. The molecule has 0 spiro atoms. The van der Waals surface area contributed by atoms with Crippen molar-refractivity contribution >= 4 is 21.4 Å². The van der Waals surface area contributed by atoms with Crippen LogP contribution in [-0.4, -0.2) is 14.0 Å². The molecule has 0 radical (unpaired) electrons. The predicted molar refractivity (Wildman–Crippen MR) is 70.2 cm³/mol. The highest BCUT2D eigenvalue weighted by Crippen LogP contribution is 2.23. The van der Waals surface area contributed by atoms with Gasteiger partial charge in [0.05, 0.1) is 4.90 Å². The number of nitrogen functional groups attached to an aromatic ring is 1. The smallest absolute Gasteiger partial charge is 0.238 e. The Labute approximate surface area is 102 Å². The van der Waals surface area contributed by atoms with Crippen molar-refractivity contribution < 1.29 is 8.42 Å². The molecule has 0 aliphatic carbocycles. The molecule has 0 saturated carbocycles. The Bertz CT molecular complexity index is 509. The number of nitrogens with one attached hydrogen (secondary N) is 1. The van der Waals surface area contributed by atoms with Crippen molar-refractivity contribution in [2.24, 2.45) is 5.14 Å². The summed E-state index contributed by atoms with van der Waals surface area (Å²) in [5.74, 6) is 0. The van der Waals surface area contributed by atoms with E-state index < -0.39 is 10.0 Å². The zero-order valence-electron chi connectivity index (χ0n) is 10.3. The number of nitrogens with two attached hydrogens (primary N) is 2. The molecule has 1 rings (SSSR count). The minimum absolute atomic E-state index is 0.0203. The van der Waals surface area contributed by atoms with Gasteiger partial charge in [-0.15, -0.1) is 0 Å². The maximum atomic E-state index is 11.3. The highest BCUT2D eigenvalue weighted by Gasteiger charge is 2.16. The number of benzene rings is 1. The SMILES string of the molecule is CCC(C)(C)Nc1cc(N)cc(S(N)(=O)=O)c1. The second-order valence-corrected chi connectivity index (χ2v) is 6.26. The fourth-order valence-corrected chi connectivity index (χ4v) is 1.93. The van der Waals surface area contributed by atoms with E-state index >= 15 is 0 Å². The molecule has 5 nitrogen and oxygen atoms in total. The fraction of sp³-hybridized carbons (Fsp3) is 0.455. The summed E-state index contributed by atoms with van der Waals surface area (Å²) in [6, 6.07) is 4.52. The van der Waals surface area contributed by atoms with Gasteiger partial charge >= 0.3 is 0 Å². The average Bonchev–Trinajstić information content (AvgIpc) is 2.14. The van der Waals surface area contributed by atoms with Gasteiger partial charge in [0.15, 0.2) is 0 Å². The Morgan fingerprint density at radius 1 is 1.29 bits per heavy atom. The van der Waals surface area contributed by atoms with E-state index in [9.17, 15) is 8.42 Å². The third-order valence-electron chi connectivity index (χ3n) is 2.62. The van der Waals surface area contributed by atoms with Crippen LogP contribution in [0.15, 0.2) is 23.1 Å². The van der Waals surface area contributed by atoms with E-state index in [1.54, 1.807) is 6.07 Å². The van der Waals surface area contributed by atoms with Gasteiger partial charge in [-0.25, -0.2) is 13.6 Å². The maximum Gasteiger partial charge on any atom is 0.238 e. The lowest BCUT2D eigenvalue weighted by atomic mass is 10.0. The lowest BCUT2D eigenvalue weighted by Crippen LogP contribution is -2.29. The van der Waals surface area contributed by atoms with E-state index in [1.807, 2.05) is 20.8 Å². The van der Waals surface area contributed by atoms with Crippen LogP contribution in [0.5, 0.6) is 0 Å². The van der Waals surface area contributed by atoms with Crippen LogP contribution in [0.2, 0.25) is 0 Å². The highest BCUT2D eigenvalue weighted by atomic mass is 32.2. The largest absolute Gasteiger partial charge is 0.399 e. The number of hydrogen-bond acceptors (Lipinski definition) is 4. The second-order valence-electron chi connectivity index (χ2n) is 4.70. The van der Waals surface area contributed by atoms with E-state index in [0.717, 1.165) is 6.42 Å². The van der Waals surface area contributed by atoms with Crippen LogP contribution in [0.25, 0.3) is 0 Å². The molecule has 0 saturated heterocycles. The molecular weight excluding hydrogens is 238 g/mol. The van der Waals surface area contributed by atoms with Crippen LogP contribution in [0, 0.1) is 0 Å². The molecule has 0 aliphatic heterocycles. The van der Waals surface area contributed by atoms with E-state index in [0.29, 0.717) is 11.4 Å². The molecule has 0 aliphatic rings. The predicted octanol–water partition coefficient (Wildman–Crippen LogP) is 1.52. The van der Waals surface area contributed by atoms with Crippen molar-refractivity contribution in [3.63, 3.8) is 0 Å². The number of primary sulfonamides is 1. The monoisotopic (exact) mass is 257 g/mol. The highest BCUT2D eigenvalue weighted by molar-refractivity contribution is 7.89.